The molecule has 1 amide bonds. The van der Waals surface area contributed by atoms with Gasteiger partial charge in [0.1, 0.15) is 0 Å². The van der Waals surface area contributed by atoms with Crippen molar-refractivity contribution < 1.29 is 9.90 Å². The van der Waals surface area contributed by atoms with Gasteiger partial charge in [-0.25, -0.2) is 0 Å². The minimum atomic E-state index is -0.677. The van der Waals surface area contributed by atoms with E-state index in [9.17, 15) is 9.90 Å². The summed E-state index contributed by atoms with van der Waals surface area (Å²) in [6.45, 7) is 0.427. The Morgan fingerprint density at radius 3 is 2.42 bits per heavy atom. The van der Waals surface area contributed by atoms with Crippen molar-refractivity contribution in [3.05, 3.63) is 29.8 Å². The van der Waals surface area contributed by atoms with Crippen molar-refractivity contribution in [2.75, 3.05) is 19.8 Å². The summed E-state index contributed by atoms with van der Waals surface area (Å²) in [4.78, 5) is 15.1. The maximum absolute atomic E-state index is 12.3. The molecule has 1 aromatic rings. The molecule has 1 N–H and O–H groups in total. The highest BCUT2D eigenvalue weighted by Gasteiger charge is 2.33. The van der Waals surface area contributed by atoms with Crippen molar-refractivity contribution >= 4 is 17.7 Å². The lowest BCUT2D eigenvalue weighted by Gasteiger charge is -2.28. The van der Waals surface area contributed by atoms with Crippen molar-refractivity contribution in [3.63, 3.8) is 0 Å². The van der Waals surface area contributed by atoms with Crippen LogP contribution in [-0.4, -0.2) is 41.4 Å². The van der Waals surface area contributed by atoms with Crippen LogP contribution in [0.15, 0.2) is 29.2 Å². The van der Waals surface area contributed by atoms with E-state index in [0.717, 1.165) is 30.6 Å². The largest absolute Gasteiger partial charge is 0.388 e. The standard InChI is InChI=1S/C15H21NO2S/c1-16(11-15(18)9-3-4-10-15)14(17)12-5-7-13(19-2)8-6-12/h5-8,18H,3-4,9-11H2,1-2H3. The van der Waals surface area contributed by atoms with Gasteiger partial charge in [-0.3, -0.25) is 4.79 Å². The Bertz CT molecular complexity index is 438. The molecular formula is C15H21NO2S. The van der Waals surface area contributed by atoms with Crippen LogP contribution in [0.4, 0.5) is 0 Å². The van der Waals surface area contributed by atoms with Crippen LogP contribution in [0.1, 0.15) is 36.0 Å². The first-order valence-corrected chi connectivity index (χ1v) is 7.88. The van der Waals surface area contributed by atoms with Crippen LogP contribution in [0.25, 0.3) is 0 Å². The number of carbonyl (C=O) groups excluding carboxylic acids is 1. The number of rotatable bonds is 4. The van der Waals surface area contributed by atoms with Gasteiger partial charge in [0.25, 0.3) is 5.91 Å². The van der Waals surface area contributed by atoms with Crippen LogP contribution in [0.2, 0.25) is 0 Å². The van der Waals surface area contributed by atoms with Crippen LogP contribution in [0, 0.1) is 0 Å². The molecular weight excluding hydrogens is 258 g/mol. The highest BCUT2D eigenvalue weighted by Crippen LogP contribution is 2.30. The van der Waals surface area contributed by atoms with E-state index in [1.165, 1.54) is 0 Å². The lowest BCUT2D eigenvalue weighted by molar-refractivity contribution is 0.0157. The van der Waals surface area contributed by atoms with Crippen LogP contribution >= 0.6 is 11.8 Å². The Kier molecular flexibility index (Phi) is 4.53. The molecule has 1 aliphatic carbocycles. The molecule has 0 unspecified atom stereocenters. The van der Waals surface area contributed by atoms with Gasteiger partial charge in [-0.05, 0) is 43.4 Å². The zero-order chi connectivity index (χ0) is 13.9. The summed E-state index contributed by atoms with van der Waals surface area (Å²) in [7, 11) is 1.76. The molecule has 0 saturated heterocycles. The fourth-order valence-corrected chi connectivity index (χ4v) is 3.07. The third-order valence-electron chi connectivity index (χ3n) is 3.75. The van der Waals surface area contributed by atoms with Gasteiger partial charge in [-0.1, -0.05) is 12.8 Å². The lowest BCUT2D eigenvalue weighted by atomic mass is 10.0. The number of amides is 1. The molecule has 0 spiro atoms. The zero-order valence-corrected chi connectivity index (χ0v) is 12.4. The van der Waals surface area contributed by atoms with Crippen molar-refractivity contribution in [3.8, 4) is 0 Å². The molecule has 0 aliphatic heterocycles. The summed E-state index contributed by atoms with van der Waals surface area (Å²) in [6, 6.07) is 7.61. The second kappa shape index (κ2) is 5.97. The van der Waals surface area contributed by atoms with Gasteiger partial charge in [-0.2, -0.15) is 0 Å². The Labute approximate surface area is 119 Å². The fraction of sp³-hybridized carbons (Fsp3) is 0.533. The van der Waals surface area contributed by atoms with E-state index in [4.69, 9.17) is 0 Å². The van der Waals surface area contributed by atoms with Crippen molar-refractivity contribution in [2.45, 2.75) is 36.2 Å². The Morgan fingerprint density at radius 2 is 1.89 bits per heavy atom. The number of benzene rings is 1. The van der Waals surface area contributed by atoms with Gasteiger partial charge >= 0.3 is 0 Å². The Morgan fingerprint density at radius 1 is 1.32 bits per heavy atom. The number of hydrogen-bond acceptors (Lipinski definition) is 3. The molecule has 1 aromatic carbocycles. The van der Waals surface area contributed by atoms with Crippen LogP contribution < -0.4 is 0 Å². The summed E-state index contributed by atoms with van der Waals surface area (Å²) in [5.74, 6) is -0.0204. The molecule has 3 nitrogen and oxygen atoms in total. The first-order chi connectivity index (χ1) is 9.04. The maximum atomic E-state index is 12.3. The summed E-state index contributed by atoms with van der Waals surface area (Å²) >= 11 is 1.66. The Hall–Kier alpha value is -1.00. The smallest absolute Gasteiger partial charge is 0.253 e. The number of hydrogen-bond donors (Lipinski definition) is 1. The van der Waals surface area contributed by atoms with Gasteiger partial charge in [0, 0.05) is 24.1 Å². The average molecular weight is 279 g/mol. The van der Waals surface area contributed by atoms with E-state index >= 15 is 0 Å². The molecule has 1 aliphatic rings. The molecule has 19 heavy (non-hydrogen) atoms. The van der Waals surface area contributed by atoms with E-state index < -0.39 is 5.60 Å². The van der Waals surface area contributed by atoms with Gasteiger partial charge in [0.05, 0.1) is 5.60 Å². The minimum absolute atomic E-state index is 0.0204. The van der Waals surface area contributed by atoms with Crippen molar-refractivity contribution in [2.24, 2.45) is 0 Å². The SMILES string of the molecule is CSc1ccc(C(=O)N(C)CC2(O)CCCC2)cc1. The molecule has 0 atom stereocenters. The molecule has 0 aromatic heterocycles. The van der Waals surface area contributed by atoms with Crippen LogP contribution in [0.5, 0.6) is 0 Å². The normalized spacial score (nSPS) is 17.4. The van der Waals surface area contributed by atoms with Crippen molar-refractivity contribution in [1.29, 1.82) is 0 Å². The van der Waals surface area contributed by atoms with Gasteiger partial charge in [0.15, 0.2) is 0 Å². The van der Waals surface area contributed by atoms with E-state index in [1.807, 2.05) is 30.5 Å². The number of likely N-dealkylation sites (N-methyl/N-ethyl adjacent to an activating group) is 1. The first kappa shape index (κ1) is 14.4. The predicted octanol–water partition coefficient (Wildman–Crippen LogP) is 2.79. The zero-order valence-electron chi connectivity index (χ0n) is 11.6. The lowest BCUT2D eigenvalue weighted by Crippen LogP contribution is -2.42. The predicted molar refractivity (Wildman–Crippen MR) is 78.6 cm³/mol. The topological polar surface area (TPSA) is 40.5 Å². The summed E-state index contributed by atoms with van der Waals surface area (Å²) in [6.07, 6.45) is 5.73. The average Bonchev–Trinajstić information content (AvgIpc) is 2.84. The Balaban J connectivity index is 2.01. The second-order valence-corrected chi connectivity index (χ2v) is 6.20. The molecule has 0 bridgehead atoms. The quantitative estimate of drug-likeness (QED) is 0.862. The van der Waals surface area contributed by atoms with E-state index in [2.05, 4.69) is 0 Å². The monoisotopic (exact) mass is 279 g/mol. The van der Waals surface area contributed by atoms with Crippen molar-refractivity contribution in [1.82, 2.24) is 4.90 Å². The number of aliphatic hydroxyl groups is 1. The number of carbonyl (C=O) groups is 1. The van der Waals surface area contributed by atoms with Gasteiger partial charge < -0.3 is 10.0 Å². The van der Waals surface area contributed by atoms with E-state index in [0.29, 0.717) is 12.1 Å². The van der Waals surface area contributed by atoms with Gasteiger partial charge in [-0.15, -0.1) is 11.8 Å². The van der Waals surface area contributed by atoms with E-state index in [-0.39, 0.29) is 5.91 Å². The summed E-state index contributed by atoms with van der Waals surface area (Å²) in [5, 5.41) is 10.3. The maximum Gasteiger partial charge on any atom is 0.253 e. The fourth-order valence-electron chi connectivity index (χ4n) is 2.66. The highest BCUT2D eigenvalue weighted by molar-refractivity contribution is 7.98. The molecule has 4 heteroatoms. The number of nitrogens with zero attached hydrogens (tertiary/aromatic N) is 1. The third kappa shape index (κ3) is 3.51. The van der Waals surface area contributed by atoms with Crippen LogP contribution in [0.3, 0.4) is 0 Å². The molecule has 0 heterocycles. The highest BCUT2D eigenvalue weighted by atomic mass is 32.2. The molecule has 0 radical (unpaired) electrons. The first-order valence-electron chi connectivity index (χ1n) is 6.66. The van der Waals surface area contributed by atoms with Crippen LogP contribution in [-0.2, 0) is 0 Å². The molecule has 104 valence electrons. The second-order valence-electron chi connectivity index (χ2n) is 5.32. The van der Waals surface area contributed by atoms with E-state index in [1.54, 1.807) is 23.7 Å². The molecule has 1 saturated carbocycles. The molecule has 1 fully saturated rings. The summed E-state index contributed by atoms with van der Waals surface area (Å²) in [5.41, 5.74) is 0.00535. The molecule has 2 rings (SSSR count). The summed E-state index contributed by atoms with van der Waals surface area (Å²) < 4.78 is 0. The third-order valence-corrected chi connectivity index (χ3v) is 4.49. The van der Waals surface area contributed by atoms with Gasteiger partial charge in [0.2, 0.25) is 0 Å². The number of thioether (sulfide) groups is 1. The minimum Gasteiger partial charge on any atom is -0.388 e.